The molecule has 0 amide bonds. The maximum absolute atomic E-state index is 9.22. The van der Waals surface area contributed by atoms with Crippen LogP contribution in [0.5, 0.6) is 0 Å². The fourth-order valence-electron chi connectivity index (χ4n) is 2.63. The van der Waals surface area contributed by atoms with Crippen LogP contribution in [0.25, 0.3) is 0 Å². The first kappa shape index (κ1) is 15.2. The maximum atomic E-state index is 9.22. The van der Waals surface area contributed by atoms with Gasteiger partial charge in [0.15, 0.2) is 0 Å². The van der Waals surface area contributed by atoms with Crippen molar-refractivity contribution in [1.29, 1.82) is 0 Å². The third kappa shape index (κ3) is 4.72. The van der Waals surface area contributed by atoms with Gasteiger partial charge >= 0.3 is 0 Å². The van der Waals surface area contributed by atoms with Crippen LogP contribution in [0.3, 0.4) is 0 Å². The lowest BCUT2D eigenvalue weighted by molar-refractivity contribution is 0.120. The zero-order chi connectivity index (χ0) is 14.2. The molecule has 0 spiro atoms. The number of aryl methyl sites for hydroxylation is 1. The van der Waals surface area contributed by atoms with Gasteiger partial charge in [-0.2, -0.15) is 0 Å². The molecule has 1 saturated heterocycles. The van der Waals surface area contributed by atoms with Gasteiger partial charge in [0.1, 0.15) is 0 Å². The molecule has 0 saturated carbocycles. The first-order valence-corrected chi connectivity index (χ1v) is 7.69. The monoisotopic (exact) mass is 278 g/mol. The summed E-state index contributed by atoms with van der Waals surface area (Å²) in [5, 5.41) is 12.5. The number of aromatic nitrogens is 2. The summed E-state index contributed by atoms with van der Waals surface area (Å²) >= 11 is 0. The smallest absolute Gasteiger partial charge is 0.222 e. The van der Waals surface area contributed by atoms with Crippen LogP contribution in [0.2, 0.25) is 0 Å². The van der Waals surface area contributed by atoms with E-state index >= 15 is 0 Å². The number of nitrogens with one attached hydrogen (secondary N) is 1. The van der Waals surface area contributed by atoms with Gasteiger partial charge in [0.05, 0.1) is 0 Å². The van der Waals surface area contributed by atoms with E-state index in [9.17, 15) is 5.11 Å². The van der Waals surface area contributed by atoms with Gasteiger partial charge in [-0.1, -0.05) is 6.92 Å². The maximum Gasteiger partial charge on any atom is 0.222 e. The number of aliphatic hydroxyl groups is 1. The van der Waals surface area contributed by atoms with Gasteiger partial charge in [-0.15, -0.1) is 0 Å². The van der Waals surface area contributed by atoms with E-state index in [0.29, 0.717) is 18.5 Å². The molecular weight excluding hydrogens is 252 g/mol. The van der Waals surface area contributed by atoms with Crippen LogP contribution in [-0.4, -0.2) is 52.8 Å². The van der Waals surface area contributed by atoms with Crippen molar-refractivity contribution >= 4 is 5.95 Å². The van der Waals surface area contributed by atoms with E-state index in [1.807, 2.05) is 12.4 Å². The molecule has 1 aliphatic rings. The fraction of sp³-hybridized carbons (Fsp3) is 0.733. The first-order chi connectivity index (χ1) is 9.81. The summed E-state index contributed by atoms with van der Waals surface area (Å²) in [6, 6.07) is 0. The minimum absolute atomic E-state index is 0.326. The summed E-state index contributed by atoms with van der Waals surface area (Å²) in [5.41, 5.74) is 1.17. The highest BCUT2D eigenvalue weighted by Crippen LogP contribution is 2.15. The summed E-state index contributed by atoms with van der Waals surface area (Å²) in [6.07, 6.45) is 8.19. The van der Waals surface area contributed by atoms with Crippen LogP contribution in [0, 0.1) is 5.92 Å². The predicted octanol–water partition coefficient (Wildman–Crippen LogP) is 1.55. The van der Waals surface area contributed by atoms with Crippen molar-refractivity contribution in [3.8, 4) is 0 Å². The number of nitrogens with zero attached hydrogens (tertiary/aromatic N) is 3. The molecule has 0 bridgehead atoms. The van der Waals surface area contributed by atoms with Gasteiger partial charge in [0, 0.05) is 32.1 Å². The van der Waals surface area contributed by atoms with E-state index < -0.39 is 0 Å². The van der Waals surface area contributed by atoms with Crippen molar-refractivity contribution in [1.82, 2.24) is 14.9 Å². The van der Waals surface area contributed by atoms with Crippen molar-refractivity contribution in [2.24, 2.45) is 5.92 Å². The summed E-state index contributed by atoms with van der Waals surface area (Å²) in [6.45, 7) is 6.61. The van der Waals surface area contributed by atoms with Crippen LogP contribution >= 0.6 is 0 Å². The highest BCUT2D eigenvalue weighted by Gasteiger charge is 2.18. The highest BCUT2D eigenvalue weighted by molar-refractivity contribution is 5.24. The Morgan fingerprint density at radius 3 is 2.90 bits per heavy atom. The summed E-state index contributed by atoms with van der Waals surface area (Å²) in [7, 11) is 0. The minimum atomic E-state index is 0.326. The lowest BCUT2D eigenvalue weighted by Crippen LogP contribution is -2.37. The minimum Gasteiger partial charge on any atom is -0.396 e. The summed E-state index contributed by atoms with van der Waals surface area (Å²) in [4.78, 5) is 11.0. The molecule has 0 aromatic carbocycles. The Bertz CT molecular complexity index is 382. The molecule has 0 aliphatic carbocycles. The third-order valence-corrected chi connectivity index (χ3v) is 3.91. The van der Waals surface area contributed by atoms with E-state index in [1.165, 1.54) is 18.4 Å². The van der Waals surface area contributed by atoms with Crippen LogP contribution < -0.4 is 5.32 Å². The number of likely N-dealkylation sites (tertiary alicyclic amines) is 1. The zero-order valence-electron chi connectivity index (χ0n) is 12.4. The lowest BCUT2D eigenvalue weighted by Gasteiger charge is -2.31. The second-order valence-electron chi connectivity index (χ2n) is 5.54. The van der Waals surface area contributed by atoms with Crippen molar-refractivity contribution in [2.45, 2.75) is 32.6 Å². The predicted molar refractivity (Wildman–Crippen MR) is 80.8 cm³/mol. The highest BCUT2D eigenvalue weighted by atomic mass is 16.3. The molecule has 2 heterocycles. The molecule has 2 rings (SSSR count). The molecule has 112 valence electrons. The summed E-state index contributed by atoms with van der Waals surface area (Å²) in [5.74, 6) is 1.19. The molecule has 5 heteroatoms. The quantitative estimate of drug-likeness (QED) is 0.741. The molecule has 20 heavy (non-hydrogen) atoms. The van der Waals surface area contributed by atoms with E-state index in [1.54, 1.807) is 0 Å². The zero-order valence-corrected chi connectivity index (χ0v) is 12.4. The standard InChI is InChI=1S/C15H26N4O/c1-2-13-9-17-15(18-10-13)16-6-4-8-19-7-3-5-14(11-19)12-20/h9-10,14,20H,2-8,11-12H2,1H3,(H,16,17,18)/t14-/m0/s1. The third-order valence-electron chi connectivity index (χ3n) is 3.91. The van der Waals surface area contributed by atoms with Gasteiger partial charge in [-0.3, -0.25) is 0 Å². The molecule has 1 aliphatic heterocycles. The normalized spacial score (nSPS) is 20.0. The van der Waals surface area contributed by atoms with Crippen LogP contribution in [-0.2, 0) is 6.42 Å². The van der Waals surface area contributed by atoms with Crippen LogP contribution in [0.15, 0.2) is 12.4 Å². The number of hydrogen-bond donors (Lipinski definition) is 2. The molecule has 2 N–H and O–H groups in total. The number of piperidine rings is 1. The Morgan fingerprint density at radius 1 is 1.40 bits per heavy atom. The van der Waals surface area contributed by atoms with Gasteiger partial charge in [-0.25, -0.2) is 9.97 Å². The average molecular weight is 278 g/mol. The van der Waals surface area contributed by atoms with E-state index in [-0.39, 0.29) is 0 Å². The van der Waals surface area contributed by atoms with Gasteiger partial charge < -0.3 is 15.3 Å². The molecule has 0 radical (unpaired) electrons. The number of anilines is 1. The lowest BCUT2D eigenvalue weighted by atomic mass is 9.99. The Kier molecular flexibility index (Phi) is 6.21. The Morgan fingerprint density at radius 2 is 2.20 bits per heavy atom. The van der Waals surface area contributed by atoms with E-state index in [0.717, 1.165) is 39.0 Å². The molecule has 1 atom stereocenters. The van der Waals surface area contributed by atoms with Gasteiger partial charge in [0.25, 0.3) is 0 Å². The molecule has 1 aromatic heterocycles. The molecule has 1 aromatic rings. The second kappa shape index (κ2) is 8.17. The topological polar surface area (TPSA) is 61.3 Å². The number of aliphatic hydroxyl groups excluding tert-OH is 1. The van der Waals surface area contributed by atoms with Crippen molar-refractivity contribution in [3.63, 3.8) is 0 Å². The van der Waals surface area contributed by atoms with Crippen molar-refractivity contribution in [3.05, 3.63) is 18.0 Å². The Labute approximate surface area is 121 Å². The molecular formula is C15H26N4O. The van der Waals surface area contributed by atoms with Gasteiger partial charge in [-0.05, 0) is 50.3 Å². The fourth-order valence-corrected chi connectivity index (χ4v) is 2.63. The SMILES string of the molecule is CCc1cnc(NCCCN2CCC[C@H](CO)C2)nc1. The van der Waals surface area contributed by atoms with Crippen LogP contribution in [0.4, 0.5) is 5.95 Å². The van der Waals surface area contributed by atoms with E-state index in [4.69, 9.17) is 0 Å². The Balaban J connectivity index is 1.63. The second-order valence-corrected chi connectivity index (χ2v) is 5.54. The molecule has 1 fully saturated rings. The number of rotatable bonds is 7. The first-order valence-electron chi connectivity index (χ1n) is 7.69. The van der Waals surface area contributed by atoms with Crippen molar-refractivity contribution in [2.75, 3.05) is 38.1 Å². The van der Waals surface area contributed by atoms with Crippen molar-refractivity contribution < 1.29 is 5.11 Å². The molecule has 5 nitrogen and oxygen atoms in total. The van der Waals surface area contributed by atoms with Crippen LogP contribution in [0.1, 0.15) is 31.7 Å². The largest absolute Gasteiger partial charge is 0.396 e. The Hall–Kier alpha value is -1.20. The number of hydrogen-bond acceptors (Lipinski definition) is 5. The van der Waals surface area contributed by atoms with E-state index in [2.05, 4.69) is 27.1 Å². The molecule has 0 unspecified atom stereocenters. The van der Waals surface area contributed by atoms with Gasteiger partial charge in [0.2, 0.25) is 5.95 Å². The average Bonchev–Trinajstić information content (AvgIpc) is 2.52. The summed E-state index contributed by atoms with van der Waals surface area (Å²) < 4.78 is 0.